The summed E-state index contributed by atoms with van der Waals surface area (Å²) in [6, 6.07) is 7.19. The summed E-state index contributed by atoms with van der Waals surface area (Å²) in [6.07, 6.45) is 0.688. The van der Waals surface area contributed by atoms with Gasteiger partial charge in [-0.2, -0.15) is 5.10 Å². The number of hydrogen-bond donors (Lipinski definition) is 2. The molecule has 2 rings (SSSR count). The second-order valence-electron chi connectivity index (χ2n) is 2.92. The number of nitrogens with zero attached hydrogens (tertiary/aromatic N) is 1. The minimum absolute atomic E-state index is 0.125. The van der Waals surface area contributed by atoms with E-state index in [4.69, 9.17) is 4.74 Å². The predicted octanol–water partition coefficient (Wildman–Crippen LogP) is 2.16. The first-order valence-corrected chi connectivity index (χ1v) is 4.48. The van der Waals surface area contributed by atoms with E-state index >= 15 is 0 Å². The third-order valence-electron chi connectivity index (χ3n) is 1.78. The molecular weight excluding hydrogens is 213 g/mol. The number of benzene rings is 1. The Morgan fingerprint density at radius 2 is 2.19 bits per heavy atom. The number of carbonyl (C=O) groups is 1. The van der Waals surface area contributed by atoms with Gasteiger partial charge in [0.25, 0.3) is 0 Å². The fourth-order valence-corrected chi connectivity index (χ4v) is 1.09. The number of nitrogens with one attached hydrogen (secondary N) is 2. The zero-order valence-electron chi connectivity index (χ0n) is 8.11. The van der Waals surface area contributed by atoms with Gasteiger partial charge in [0.15, 0.2) is 11.6 Å². The molecule has 16 heavy (non-hydrogen) atoms. The predicted molar refractivity (Wildman–Crippen MR) is 54.6 cm³/mol. The fourth-order valence-electron chi connectivity index (χ4n) is 1.09. The fraction of sp³-hybridized carbons (Fsp3) is 0. The second-order valence-corrected chi connectivity index (χ2v) is 2.92. The van der Waals surface area contributed by atoms with Gasteiger partial charge in [-0.1, -0.05) is 12.1 Å². The Bertz CT molecular complexity index is 485. The van der Waals surface area contributed by atoms with Crippen molar-refractivity contribution in [2.24, 2.45) is 0 Å². The van der Waals surface area contributed by atoms with Crippen molar-refractivity contribution in [1.82, 2.24) is 10.2 Å². The Kier molecular flexibility index (Phi) is 2.81. The summed E-state index contributed by atoms with van der Waals surface area (Å²) >= 11 is 0. The topological polar surface area (TPSA) is 67.0 Å². The van der Waals surface area contributed by atoms with E-state index in [9.17, 15) is 9.18 Å². The molecule has 0 atom stereocenters. The van der Waals surface area contributed by atoms with Gasteiger partial charge in [0.1, 0.15) is 5.82 Å². The van der Waals surface area contributed by atoms with Crippen LogP contribution in [0.5, 0.6) is 5.75 Å². The summed E-state index contributed by atoms with van der Waals surface area (Å²) < 4.78 is 17.8. The molecular formula is C10H8FN3O2. The molecule has 0 saturated carbocycles. The van der Waals surface area contributed by atoms with Crippen LogP contribution in [0.4, 0.5) is 15.0 Å². The lowest BCUT2D eigenvalue weighted by molar-refractivity contribution is 0.213. The summed E-state index contributed by atoms with van der Waals surface area (Å²) in [5.41, 5.74) is 0. The van der Waals surface area contributed by atoms with Crippen molar-refractivity contribution < 1.29 is 13.9 Å². The van der Waals surface area contributed by atoms with Crippen molar-refractivity contribution in [2.45, 2.75) is 0 Å². The van der Waals surface area contributed by atoms with Gasteiger partial charge in [0.05, 0.1) is 6.20 Å². The lowest BCUT2D eigenvalue weighted by atomic mass is 10.3. The molecule has 0 aliphatic carbocycles. The van der Waals surface area contributed by atoms with Crippen LogP contribution in [-0.2, 0) is 0 Å². The van der Waals surface area contributed by atoms with E-state index < -0.39 is 11.9 Å². The maximum atomic E-state index is 13.1. The number of carbonyl (C=O) groups excluding carboxylic acids is 1. The molecule has 0 saturated heterocycles. The molecule has 0 unspecified atom stereocenters. The molecule has 0 aliphatic rings. The number of aromatic nitrogens is 2. The quantitative estimate of drug-likeness (QED) is 0.816. The molecule has 1 heterocycles. The number of ether oxygens (including phenoxy) is 1. The van der Waals surface area contributed by atoms with Crippen LogP contribution in [0.3, 0.4) is 0 Å². The van der Waals surface area contributed by atoms with E-state index in [-0.39, 0.29) is 5.75 Å². The number of amides is 1. The molecule has 0 aliphatic heterocycles. The van der Waals surface area contributed by atoms with Crippen molar-refractivity contribution in [3.05, 3.63) is 42.3 Å². The molecule has 0 bridgehead atoms. The summed E-state index contributed by atoms with van der Waals surface area (Å²) in [7, 11) is 0. The van der Waals surface area contributed by atoms with Gasteiger partial charge in [0.2, 0.25) is 0 Å². The highest BCUT2D eigenvalue weighted by Crippen LogP contribution is 2.15. The van der Waals surface area contributed by atoms with Gasteiger partial charge in [-0.25, -0.2) is 9.18 Å². The summed E-state index contributed by atoms with van der Waals surface area (Å²) in [5.74, 6) is -0.344. The number of para-hydroxylation sites is 1. The van der Waals surface area contributed by atoms with Gasteiger partial charge in [-0.05, 0) is 12.1 Å². The second kappa shape index (κ2) is 4.43. The van der Waals surface area contributed by atoms with Crippen LogP contribution in [-0.4, -0.2) is 16.3 Å². The summed E-state index contributed by atoms with van der Waals surface area (Å²) in [5, 5.41) is 8.49. The molecule has 2 aromatic rings. The number of hydrogen-bond acceptors (Lipinski definition) is 3. The number of aromatic amines is 1. The van der Waals surface area contributed by atoms with Gasteiger partial charge in [-0.3, -0.25) is 10.4 Å². The first-order chi connectivity index (χ1) is 7.75. The molecule has 5 nitrogen and oxygen atoms in total. The summed E-state index contributed by atoms with van der Waals surface area (Å²) in [6.45, 7) is 0. The van der Waals surface area contributed by atoms with Gasteiger partial charge in [-0.15, -0.1) is 0 Å². The summed E-state index contributed by atoms with van der Waals surface area (Å²) in [4.78, 5) is 11.3. The van der Waals surface area contributed by atoms with Crippen LogP contribution in [0, 0.1) is 5.82 Å². The minimum Gasteiger partial charge on any atom is -0.407 e. The van der Waals surface area contributed by atoms with E-state index in [1.807, 2.05) is 0 Å². The molecule has 1 aromatic heterocycles. The van der Waals surface area contributed by atoms with E-state index in [0.717, 1.165) is 0 Å². The zero-order chi connectivity index (χ0) is 11.4. The number of anilines is 1. The van der Waals surface area contributed by atoms with Crippen LogP contribution in [0.1, 0.15) is 0 Å². The van der Waals surface area contributed by atoms with E-state index in [0.29, 0.717) is 5.82 Å². The molecule has 1 amide bonds. The van der Waals surface area contributed by atoms with Gasteiger partial charge < -0.3 is 4.74 Å². The van der Waals surface area contributed by atoms with E-state index in [2.05, 4.69) is 15.5 Å². The molecule has 2 N–H and O–H groups in total. The molecule has 0 fully saturated rings. The monoisotopic (exact) mass is 221 g/mol. The minimum atomic E-state index is -0.783. The van der Waals surface area contributed by atoms with Crippen LogP contribution in [0.25, 0.3) is 0 Å². The van der Waals surface area contributed by atoms with Crippen molar-refractivity contribution in [3.63, 3.8) is 0 Å². The Balaban J connectivity index is 2.00. The van der Waals surface area contributed by atoms with Gasteiger partial charge >= 0.3 is 6.09 Å². The normalized spacial score (nSPS) is 9.81. The van der Waals surface area contributed by atoms with Crippen LogP contribution in [0.15, 0.2) is 36.5 Å². The van der Waals surface area contributed by atoms with Crippen LogP contribution in [0.2, 0.25) is 0 Å². The molecule has 6 heteroatoms. The van der Waals surface area contributed by atoms with Crippen LogP contribution < -0.4 is 10.1 Å². The van der Waals surface area contributed by atoms with Gasteiger partial charge in [0, 0.05) is 6.07 Å². The lowest BCUT2D eigenvalue weighted by Gasteiger charge is -2.04. The lowest BCUT2D eigenvalue weighted by Crippen LogP contribution is -2.17. The Hall–Kier alpha value is -2.37. The number of H-pyrrole nitrogens is 1. The van der Waals surface area contributed by atoms with Crippen molar-refractivity contribution >= 4 is 11.9 Å². The average molecular weight is 221 g/mol. The van der Waals surface area contributed by atoms with Crippen molar-refractivity contribution in [2.75, 3.05) is 5.32 Å². The first kappa shape index (κ1) is 10.2. The molecule has 0 spiro atoms. The Morgan fingerprint density at radius 3 is 2.88 bits per heavy atom. The highest BCUT2D eigenvalue weighted by molar-refractivity contribution is 5.84. The highest BCUT2D eigenvalue weighted by Gasteiger charge is 2.08. The van der Waals surface area contributed by atoms with E-state index in [1.165, 1.54) is 24.4 Å². The van der Waals surface area contributed by atoms with Crippen LogP contribution >= 0.6 is 0 Å². The third kappa shape index (κ3) is 2.35. The Labute approximate surface area is 90.2 Å². The third-order valence-corrected chi connectivity index (χ3v) is 1.78. The Morgan fingerprint density at radius 1 is 1.38 bits per heavy atom. The maximum absolute atomic E-state index is 13.1. The maximum Gasteiger partial charge on any atom is 0.418 e. The smallest absolute Gasteiger partial charge is 0.407 e. The van der Waals surface area contributed by atoms with Crippen molar-refractivity contribution in [1.29, 1.82) is 0 Å². The number of halogens is 1. The molecule has 82 valence electrons. The number of rotatable bonds is 2. The molecule has 0 radical (unpaired) electrons. The SMILES string of the molecule is O=C(Nc1ccn[nH]1)Oc1ccccc1F. The molecule has 1 aromatic carbocycles. The largest absolute Gasteiger partial charge is 0.418 e. The highest BCUT2D eigenvalue weighted by atomic mass is 19.1. The zero-order valence-corrected chi connectivity index (χ0v) is 8.11. The standard InChI is InChI=1S/C10H8FN3O2/c11-7-3-1-2-4-8(7)16-10(15)13-9-5-6-12-14-9/h1-6H,(H2,12,13,14,15). The average Bonchev–Trinajstić information content (AvgIpc) is 2.74. The van der Waals surface area contributed by atoms with E-state index in [1.54, 1.807) is 12.1 Å². The van der Waals surface area contributed by atoms with Crippen molar-refractivity contribution in [3.8, 4) is 5.75 Å². The first-order valence-electron chi connectivity index (χ1n) is 4.48.